The van der Waals surface area contributed by atoms with E-state index in [0.29, 0.717) is 35.1 Å². The molecule has 160 valence electrons. The number of hydrogen-bond acceptors (Lipinski definition) is 2. The first kappa shape index (κ1) is 19.7. The molecule has 1 aliphatic rings. The van der Waals surface area contributed by atoms with E-state index in [4.69, 9.17) is 0 Å². The van der Waals surface area contributed by atoms with Crippen LogP contribution in [0.4, 0.5) is 13.2 Å². The number of imidazole rings is 1. The van der Waals surface area contributed by atoms with Gasteiger partial charge in [0.2, 0.25) is 5.95 Å². The van der Waals surface area contributed by atoms with Gasteiger partial charge in [0.25, 0.3) is 5.56 Å². The van der Waals surface area contributed by atoms with Gasteiger partial charge < -0.3 is 4.98 Å². The topological polar surface area (TPSA) is 66.5 Å². The van der Waals surface area contributed by atoms with Crippen LogP contribution in [0.25, 0.3) is 28.2 Å². The van der Waals surface area contributed by atoms with Gasteiger partial charge in [-0.1, -0.05) is 49.9 Å². The first-order valence-electron chi connectivity index (χ1n) is 10.4. The molecule has 0 radical (unpaired) electrons. The Hall–Kier alpha value is -3.29. The van der Waals surface area contributed by atoms with Crippen LogP contribution in [0.2, 0.25) is 0 Å². The predicted molar refractivity (Wildman–Crippen MR) is 112 cm³/mol. The van der Waals surface area contributed by atoms with E-state index < -0.39 is 11.7 Å². The van der Waals surface area contributed by atoms with Crippen molar-refractivity contribution in [2.24, 2.45) is 5.92 Å². The highest BCUT2D eigenvalue weighted by molar-refractivity contribution is 5.76. The molecular weight excluding hydrogens is 405 g/mol. The number of alkyl halides is 3. The van der Waals surface area contributed by atoms with Gasteiger partial charge in [0.05, 0.1) is 22.3 Å². The van der Waals surface area contributed by atoms with Crippen molar-refractivity contribution in [3.05, 3.63) is 70.0 Å². The average Bonchev–Trinajstić information content (AvgIpc) is 3.47. The van der Waals surface area contributed by atoms with Gasteiger partial charge in [0, 0.05) is 5.56 Å². The van der Waals surface area contributed by atoms with E-state index in [2.05, 4.69) is 15.1 Å². The lowest BCUT2D eigenvalue weighted by molar-refractivity contribution is -0.137. The summed E-state index contributed by atoms with van der Waals surface area (Å²) in [5, 5.41) is 3.10. The lowest BCUT2D eigenvalue weighted by Crippen LogP contribution is -2.19. The van der Waals surface area contributed by atoms with E-state index in [9.17, 15) is 18.0 Å². The van der Waals surface area contributed by atoms with Gasteiger partial charge in [-0.2, -0.15) is 17.9 Å². The molecule has 0 amide bonds. The number of benzene rings is 2. The van der Waals surface area contributed by atoms with Crippen LogP contribution in [0.5, 0.6) is 0 Å². The van der Waals surface area contributed by atoms with Gasteiger partial charge in [0.15, 0.2) is 0 Å². The van der Waals surface area contributed by atoms with Crippen molar-refractivity contribution < 1.29 is 13.2 Å². The van der Waals surface area contributed by atoms with Crippen molar-refractivity contribution in [2.45, 2.75) is 38.3 Å². The maximum atomic E-state index is 13.3. The van der Waals surface area contributed by atoms with Crippen molar-refractivity contribution in [2.75, 3.05) is 0 Å². The summed E-state index contributed by atoms with van der Waals surface area (Å²) < 4.78 is 40.3. The summed E-state index contributed by atoms with van der Waals surface area (Å²) in [6.07, 6.45) is 0.589. The number of fused-ring (bicyclic) bond motifs is 1. The van der Waals surface area contributed by atoms with Gasteiger partial charge in [-0.15, -0.1) is 0 Å². The van der Waals surface area contributed by atoms with Gasteiger partial charge in [-0.05, 0) is 42.2 Å². The van der Waals surface area contributed by atoms with E-state index >= 15 is 0 Å². The second-order valence-electron chi connectivity index (χ2n) is 8.11. The fourth-order valence-electron chi connectivity index (χ4n) is 4.42. The Kier molecular flexibility index (Phi) is 4.72. The molecular formula is C23H21F3N4O. The van der Waals surface area contributed by atoms with Crippen LogP contribution >= 0.6 is 0 Å². The average molecular weight is 426 g/mol. The van der Waals surface area contributed by atoms with Crippen LogP contribution in [0.3, 0.4) is 0 Å². The summed E-state index contributed by atoms with van der Waals surface area (Å²) in [5.74, 6) is 0.762. The van der Waals surface area contributed by atoms with Crippen molar-refractivity contribution in [3.63, 3.8) is 0 Å². The quantitative estimate of drug-likeness (QED) is 0.455. The largest absolute Gasteiger partial charge is 0.416 e. The summed E-state index contributed by atoms with van der Waals surface area (Å²) in [6.45, 7) is 0. The molecule has 0 bridgehead atoms. The third-order valence-corrected chi connectivity index (χ3v) is 6.04. The summed E-state index contributed by atoms with van der Waals surface area (Å²) in [7, 11) is 0. The zero-order valence-electron chi connectivity index (χ0n) is 16.7. The van der Waals surface area contributed by atoms with Crippen molar-refractivity contribution in [1.82, 2.24) is 19.7 Å². The van der Waals surface area contributed by atoms with Crippen LogP contribution in [0.15, 0.2) is 53.3 Å². The summed E-state index contributed by atoms with van der Waals surface area (Å²) in [4.78, 5) is 21.0. The molecule has 1 fully saturated rings. The third-order valence-electron chi connectivity index (χ3n) is 6.04. The minimum absolute atomic E-state index is 0.221. The van der Waals surface area contributed by atoms with Crippen molar-refractivity contribution >= 4 is 11.0 Å². The molecule has 0 unspecified atom stereocenters. The number of para-hydroxylation sites is 2. The highest BCUT2D eigenvalue weighted by Crippen LogP contribution is 2.33. The lowest BCUT2D eigenvalue weighted by atomic mass is 9.96. The molecule has 0 saturated heterocycles. The minimum atomic E-state index is -4.40. The molecule has 0 spiro atoms. The molecule has 5 rings (SSSR count). The van der Waals surface area contributed by atoms with Crippen LogP contribution in [-0.4, -0.2) is 19.7 Å². The SMILES string of the molecule is O=c1c(CC2CCCC2)c(-c2ccc(C(F)(F)F)cc2)[nH]n1-c1nc2ccccc2[nH]1. The number of nitrogens with zero attached hydrogens (tertiary/aromatic N) is 2. The van der Waals surface area contributed by atoms with Crippen LogP contribution in [0, 0.1) is 5.92 Å². The van der Waals surface area contributed by atoms with E-state index in [0.717, 1.165) is 48.8 Å². The Morgan fingerprint density at radius 3 is 2.42 bits per heavy atom. The van der Waals surface area contributed by atoms with E-state index in [1.807, 2.05) is 24.3 Å². The lowest BCUT2D eigenvalue weighted by Gasteiger charge is -2.10. The number of aromatic amines is 2. The van der Waals surface area contributed by atoms with E-state index in [-0.39, 0.29) is 5.56 Å². The fourth-order valence-corrected chi connectivity index (χ4v) is 4.42. The minimum Gasteiger partial charge on any atom is -0.322 e. The van der Waals surface area contributed by atoms with Crippen molar-refractivity contribution in [3.8, 4) is 17.2 Å². The van der Waals surface area contributed by atoms with Gasteiger partial charge in [-0.25, -0.2) is 4.98 Å². The first-order valence-corrected chi connectivity index (χ1v) is 10.4. The van der Waals surface area contributed by atoms with E-state index in [1.54, 1.807) is 0 Å². The highest BCUT2D eigenvalue weighted by atomic mass is 19.4. The Labute approximate surface area is 175 Å². The molecule has 2 N–H and O–H groups in total. The standard InChI is InChI=1S/C23H21F3N4O/c24-23(25,26)16-11-9-15(10-12-16)20-17(13-14-5-1-2-6-14)21(31)30(29-20)22-27-18-7-3-4-8-19(18)28-22/h3-4,7-12,14,29H,1-2,5-6,13H2,(H,27,28). The molecule has 2 aromatic heterocycles. The molecule has 0 aliphatic heterocycles. The Balaban J connectivity index is 1.62. The Bertz CT molecular complexity index is 1240. The Morgan fingerprint density at radius 2 is 1.74 bits per heavy atom. The Morgan fingerprint density at radius 1 is 1.03 bits per heavy atom. The predicted octanol–water partition coefficient (Wildman–Crippen LogP) is 5.46. The number of rotatable bonds is 4. The monoisotopic (exact) mass is 426 g/mol. The maximum absolute atomic E-state index is 13.3. The zero-order chi connectivity index (χ0) is 21.6. The zero-order valence-corrected chi connectivity index (χ0v) is 16.7. The van der Waals surface area contributed by atoms with Gasteiger partial charge in [0.1, 0.15) is 0 Å². The number of halogens is 3. The fraction of sp³-hybridized carbons (Fsp3) is 0.304. The summed E-state index contributed by atoms with van der Waals surface area (Å²) in [6, 6.07) is 12.4. The number of aromatic nitrogens is 4. The molecule has 4 aromatic rings. The highest BCUT2D eigenvalue weighted by Gasteiger charge is 2.30. The molecule has 8 heteroatoms. The molecule has 31 heavy (non-hydrogen) atoms. The molecule has 1 saturated carbocycles. The van der Waals surface area contributed by atoms with Gasteiger partial charge in [-0.3, -0.25) is 9.89 Å². The van der Waals surface area contributed by atoms with E-state index in [1.165, 1.54) is 16.8 Å². The number of hydrogen-bond donors (Lipinski definition) is 2. The molecule has 2 aromatic carbocycles. The maximum Gasteiger partial charge on any atom is 0.416 e. The summed E-state index contributed by atoms with van der Waals surface area (Å²) in [5.41, 5.74) is 2.28. The number of H-pyrrole nitrogens is 2. The molecule has 5 nitrogen and oxygen atoms in total. The van der Waals surface area contributed by atoms with Crippen LogP contribution < -0.4 is 5.56 Å². The normalized spacial score (nSPS) is 15.2. The van der Waals surface area contributed by atoms with Crippen molar-refractivity contribution in [1.29, 1.82) is 0 Å². The summed E-state index contributed by atoms with van der Waals surface area (Å²) >= 11 is 0. The van der Waals surface area contributed by atoms with Crippen LogP contribution in [0.1, 0.15) is 36.8 Å². The smallest absolute Gasteiger partial charge is 0.322 e. The third kappa shape index (κ3) is 3.66. The number of nitrogens with one attached hydrogen (secondary N) is 2. The molecule has 0 atom stereocenters. The molecule has 2 heterocycles. The molecule has 1 aliphatic carbocycles. The second kappa shape index (κ2) is 7.44. The van der Waals surface area contributed by atoms with Crippen LogP contribution in [-0.2, 0) is 12.6 Å². The second-order valence-corrected chi connectivity index (χ2v) is 8.11. The first-order chi connectivity index (χ1) is 14.9. The van der Waals surface area contributed by atoms with Gasteiger partial charge >= 0.3 is 6.18 Å².